The van der Waals surface area contributed by atoms with Crippen LogP contribution >= 0.6 is 0 Å². The fraction of sp³-hybridized carbons (Fsp3) is 0.667. The molecule has 0 bridgehead atoms. The van der Waals surface area contributed by atoms with Crippen LogP contribution in [0, 0.1) is 0 Å². The average molecular weight is 341 g/mol. The molecular formula is C18H31NO5. The third-order valence-corrected chi connectivity index (χ3v) is 3.31. The van der Waals surface area contributed by atoms with Crippen LogP contribution in [0.5, 0.6) is 11.5 Å². The monoisotopic (exact) mass is 341 g/mol. The molecule has 24 heavy (non-hydrogen) atoms. The Kier molecular flexibility index (Phi) is 12.1. The van der Waals surface area contributed by atoms with Crippen LogP contribution in [0.3, 0.4) is 0 Å². The van der Waals surface area contributed by atoms with Crippen LogP contribution in [0.25, 0.3) is 0 Å². The molecule has 1 atom stereocenters. The third-order valence-electron chi connectivity index (χ3n) is 3.31. The fourth-order valence-electron chi connectivity index (χ4n) is 1.98. The molecule has 0 amide bonds. The van der Waals surface area contributed by atoms with Crippen molar-refractivity contribution in [2.75, 3.05) is 53.2 Å². The van der Waals surface area contributed by atoms with Gasteiger partial charge >= 0.3 is 0 Å². The van der Waals surface area contributed by atoms with Crippen LogP contribution in [0.1, 0.15) is 19.8 Å². The van der Waals surface area contributed by atoms with Gasteiger partial charge in [0, 0.05) is 19.7 Å². The summed E-state index contributed by atoms with van der Waals surface area (Å²) in [7, 11) is 1.62. The quantitative estimate of drug-likeness (QED) is 0.475. The second-order valence-corrected chi connectivity index (χ2v) is 5.40. The molecule has 0 unspecified atom stereocenters. The summed E-state index contributed by atoms with van der Waals surface area (Å²) in [5.74, 6) is 1.43. The van der Waals surface area contributed by atoms with Crippen molar-refractivity contribution in [1.29, 1.82) is 0 Å². The van der Waals surface area contributed by atoms with Crippen LogP contribution in [0.4, 0.5) is 0 Å². The molecule has 0 fully saturated rings. The minimum Gasteiger partial charge on any atom is -0.493 e. The van der Waals surface area contributed by atoms with Gasteiger partial charge in [0.1, 0.15) is 6.61 Å². The Morgan fingerprint density at radius 2 is 1.79 bits per heavy atom. The third kappa shape index (κ3) is 9.72. The lowest BCUT2D eigenvalue weighted by atomic mass is 10.3. The number of para-hydroxylation sites is 2. The summed E-state index contributed by atoms with van der Waals surface area (Å²) in [6, 6.07) is 7.52. The molecule has 0 heterocycles. The highest BCUT2D eigenvalue weighted by molar-refractivity contribution is 5.39. The van der Waals surface area contributed by atoms with E-state index in [9.17, 15) is 5.11 Å². The Bertz CT molecular complexity index is 416. The highest BCUT2D eigenvalue weighted by Gasteiger charge is 2.05. The Labute approximate surface area is 145 Å². The molecule has 0 saturated carbocycles. The number of hydrogen-bond donors (Lipinski definition) is 2. The molecular weight excluding hydrogens is 310 g/mol. The van der Waals surface area contributed by atoms with Crippen LogP contribution in [0.2, 0.25) is 0 Å². The summed E-state index contributed by atoms with van der Waals surface area (Å²) < 4.78 is 21.6. The van der Waals surface area contributed by atoms with Gasteiger partial charge in [-0.05, 0) is 18.6 Å². The topological polar surface area (TPSA) is 69.2 Å². The van der Waals surface area contributed by atoms with Gasteiger partial charge in [0.2, 0.25) is 0 Å². The Morgan fingerprint density at radius 3 is 2.54 bits per heavy atom. The van der Waals surface area contributed by atoms with Crippen molar-refractivity contribution in [2.45, 2.75) is 25.9 Å². The van der Waals surface area contributed by atoms with E-state index in [0.717, 1.165) is 19.4 Å². The molecule has 0 aliphatic rings. The first-order valence-corrected chi connectivity index (χ1v) is 8.58. The number of methoxy groups -OCH3 is 1. The highest BCUT2D eigenvalue weighted by Crippen LogP contribution is 2.25. The minimum absolute atomic E-state index is 0.303. The van der Waals surface area contributed by atoms with Gasteiger partial charge in [-0.3, -0.25) is 0 Å². The number of aliphatic hydroxyl groups is 1. The number of rotatable bonds is 15. The van der Waals surface area contributed by atoms with Gasteiger partial charge < -0.3 is 29.4 Å². The maximum absolute atomic E-state index is 9.80. The van der Waals surface area contributed by atoms with Crippen molar-refractivity contribution < 1.29 is 24.1 Å². The molecule has 1 aromatic rings. The van der Waals surface area contributed by atoms with Gasteiger partial charge in [-0.25, -0.2) is 0 Å². The average Bonchev–Trinajstić information content (AvgIpc) is 2.61. The summed E-state index contributed by atoms with van der Waals surface area (Å²) in [6.07, 6.45) is 1.67. The van der Waals surface area contributed by atoms with E-state index in [1.165, 1.54) is 0 Å². The van der Waals surface area contributed by atoms with E-state index < -0.39 is 6.10 Å². The summed E-state index contributed by atoms with van der Waals surface area (Å²) in [6.45, 7) is 5.89. The molecule has 1 rings (SSSR count). The maximum Gasteiger partial charge on any atom is 0.161 e. The normalized spacial score (nSPS) is 12.1. The molecule has 0 aliphatic heterocycles. The lowest BCUT2D eigenvalue weighted by Gasteiger charge is -2.13. The van der Waals surface area contributed by atoms with Crippen molar-refractivity contribution in [3.63, 3.8) is 0 Å². The van der Waals surface area contributed by atoms with Crippen LogP contribution < -0.4 is 14.8 Å². The lowest BCUT2D eigenvalue weighted by molar-refractivity contribution is 0.00381. The van der Waals surface area contributed by atoms with Gasteiger partial charge in [-0.2, -0.15) is 0 Å². The number of ether oxygens (including phenoxy) is 4. The predicted molar refractivity (Wildman–Crippen MR) is 93.9 cm³/mol. The molecule has 2 N–H and O–H groups in total. The number of aliphatic hydroxyl groups excluding tert-OH is 1. The first-order valence-electron chi connectivity index (χ1n) is 8.58. The zero-order valence-electron chi connectivity index (χ0n) is 14.8. The molecule has 6 nitrogen and oxygen atoms in total. The highest BCUT2D eigenvalue weighted by atomic mass is 16.5. The fourth-order valence-corrected chi connectivity index (χ4v) is 1.98. The van der Waals surface area contributed by atoms with Crippen LogP contribution in [-0.2, 0) is 9.47 Å². The van der Waals surface area contributed by atoms with E-state index in [0.29, 0.717) is 51.0 Å². The first kappa shape index (κ1) is 20.7. The standard InChI is InChI=1S/C18H31NO5/c1-3-4-10-22-12-13-23-15-16(20)14-19-9-11-24-18-8-6-5-7-17(18)21-2/h5-8,16,19-20H,3-4,9-15H2,1-2H3/t16-/m0/s1. The predicted octanol–water partition coefficient (Wildman–Crippen LogP) is 1.86. The van der Waals surface area contributed by atoms with E-state index in [1.807, 2.05) is 24.3 Å². The van der Waals surface area contributed by atoms with Crippen molar-refractivity contribution in [2.24, 2.45) is 0 Å². The number of unbranched alkanes of at least 4 members (excludes halogenated alkanes) is 1. The minimum atomic E-state index is -0.535. The van der Waals surface area contributed by atoms with Crippen LogP contribution in [0.15, 0.2) is 24.3 Å². The Balaban J connectivity index is 1.96. The number of nitrogens with one attached hydrogen (secondary N) is 1. The second-order valence-electron chi connectivity index (χ2n) is 5.40. The summed E-state index contributed by atoms with van der Waals surface area (Å²) in [5, 5.41) is 12.9. The van der Waals surface area contributed by atoms with Gasteiger partial charge in [0.25, 0.3) is 0 Å². The van der Waals surface area contributed by atoms with Crippen molar-refractivity contribution in [3.8, 4) is 11.5 Å². The van der Waals surface area contributed by atoms with Crippen molar-refractivity contribution in [3.05, 3.63) is 24.3 Å². The van der Waals surface area contributed by atoms with E-state index in [-0.39, 0.29) is 0 Å². The number of hydrogen-bond acceptors (Lipinski definition) is 6. The summed E-state index contributed by atoms with van der Waals surface area (Å²) in [5.41, 5.74) is 0. The summed E-state index contributed by atoms with van der Waals surface area (Å²) in [4.78, 5) is 0. The van der Waals surface area contributed by atoms with Gasteiger partial charge in [-0.15, -0.1) is 0 Å². The largest absolute Gasteiger partial charge is 0.493 e. The van der Waals surface area contributed by atoms with Crippen LogP contribution in [-0.4, -0.2) is 64.4 Å². The second kappa shape index (κ2) is 14.0. The smallest absolute Gasteiger partial charge is 0.161 e. The molecule has 0 aliphatic carbocycles. The summed E-state index contributed by atoms with van der Waals surface area (Å²) >= 11 is 0. The SMILES string of the molecule is CCCCOCCOC[C@@H](O)CNCCOc1ccccc1OC. The zero-order chi connectivity index (χ0) is 17.5. The van der Waals surface area contributed by atoms with E-state index in [4.69, 9.17) is 18.9 Å². The van der Waals surface area contributed by atoms with Crippen molar-refractivity contribution in [1.82, 2.24) is 5.32 Å². The zero-order valence-corrected chi connectivity index (χ0v) is 14.8. The van der Waals surface area contributed by atoms with E-state index in [2.05, 4.69) is 12.2 Å². The lowest BCUT2D eigenvalue weighted by Crippen LogP contribution is -2.33. The van der Waals surface area contributed by atoms with E-state index >= 15 is 0 Å². The molecule has 0 spiro atoms. The van der Waals surface area contributed by atoms with Gasteiger partial charge in [-0.1, -0.05) is 25.5 Å². The molecule has 0 saturated heterocycles. The molecule has 6 heteroatoms. The number of benzene rings is 1. The first-order chi connectivity index (χ1) is 11.8. The molecule has 138 valence electrons. The Morgan fingerprint density at radius 1 is 1.04 bits per heavy atom. The Hall–Kier alpha value is -1.34. The molecule has 1 aromatic carbocycles. The van der Waals surface area contributed by atoms with Gasteiger partial charge in [0.15, 0.2) is 11.5 Å². The molecule has 0 aromatic heterocycles. The maximum atomic E-state index is 9.80. The van der Waals surface area contributed by atoms with E-state index in [1.54, 1.807) is 7.11 Å². The molecule has 0 radical (unpaired) electrons. The van der Waals surface area contributed by atoms with Gasteiger partial charge in [0.05, 0.1) is 33.0 Å². The van der Waals surface area contributed by atoms with Crippen molar-refractivity contribution >= 4 is 0 Å².